The molecule has 0 bridgehead atoms. The Labute approximate surface area is 171 Å². The Bertz CT molecular complexity index is 965. The molecule has 0 spiro atoms. The van der Waals surface area contributed by atoms with Crippen LogP contribution in [0.2, 0.25) is 0 Å². The maximum Gasteiger partial charge on any atom is 0.243 e. The number of likely N-dealkylation sites (N-methyl/N-ethyl adjacent to an activating group) is 1. The summed E-state index contributed by atoms with van der Waals surface area (Å²) in [5.74, 6) is -0.0263. The number of hydrogen-bond donors (Lipinski definition) is 1. The number of carbonyl (C=O) groups excluding carboxylic acids is 1. The van der Waals surface area contributed by atoms with Crippen molar-refractivity contribution in [1.29, 1.82) is 0 Å². The van der Waals surface area contributed by atoms with E-state index < -0.39 is 0 Å². The number of anilines is 2. The zero-order chi connectivity index (χ0) is 20.1. The first-order valence-corrected chi connectivity index (χ1v) is 10.1. The molecular weight excluding hydrogens is 362 g/mol. The Morgan fingerprint density at radius 2 is 1.72 bits per heavy atom. The van der Waals surface area contributed by atoms with Gasteiger partial charge in [-0.25, -0.2) is 0 Å². The number of carbonyl (C=O) groups is 1. The third kappa shape index (κ3) is 5.13. The number of rotatable bonds is 6. The monoisotopic (exact) mass is 389 g/mol. The maximum atomic E-state index is 12.5. The third-order valence-electron chi connectivity index (χ3n) is 5.30. The molecule has 1 heterocycles. The van der Waals surface area contributed by atoms with Crippen LogP contribution in [0.25, 0.3) is 10.8 Å². The highest BCUT2D eigenvalue weighted by molar-refractivity contribution is 5.94. The summed E-state index contributed by atoms with van der Waals surface area (Å²) in [6.07, 6.45) is 0. The molecule has 4 rings (SSSR count). The summed E-state index contributed by atoms with van der Waals surface area (Å²) in [6.45, 7) is 4.77. The third-order valence-corrected chi connectivity index (χ3v) is 5.30. The molecule has 1 N–H and O–H groups in total. The zero-order valence-corrected chi connectivity index (χ0v) is 16.8. The van der Waals surface area contributed by atoms with Gasteiger partial charge in [0.2, 0.25) is 5.91 Å². The van der Waals surface area contributed by atoms with Gasteiger partial charge in [-0.1, -0.05) is 42.5 Å². The molecule has 0 unspecified atom stereocenters. The SMILES string of the molecule is CN(CC(=O)Nc1ccc(CN2CCOCC2)cc1)c1ccc2ccccc2c1. The van der Waals surface area contributed by atoms with E-state index >= 15 is 0 Å². The summed E-state index contributed by atoms with van der Waals surface area (Å²) in [7, 11) is 1.94. The predicted octanol–water partition coefficient (Wildman–Crippen LogP) is 3.75. The summed E-state index contributed by atoms with van der Waals surface area (Å²) in [5, 5.41) is 5.37. The van der Waals surface area contributed by atoms with E-state index in [1.165, 1.54) is 16.3 Å². The van der Waals surface area contributed by atoms with Gasteiger partial charge in [-0.3, -0.25) is 9.69 Å². The number of nitrogens with zero attached hydrogens (tertiary/aromatic N) is 2. The summed E-state index contributed by atoms with van der Waals surface area (Å²) in [5.41, 5.74) is 3.10. The summed E-state index contributed by atoms with van der Waals surface area (Å²) in [6, 6.07) is 22.6. The second-order valence-corrected chi connectivity index (χ2v) is 7.52. The number of benzene rings is 3. The van der Waals surface area contributed by atoms with Crippen molar-refractivity contribution < 1.29 is 9.53 Å². The van der Waals surface area contributed by atoms with E-state index in [0.717, 1.165) is 44.2 Å². The van der Waals surface area contributed by atoms with E-state index in [0.29, 0.717) is 6.54 Å². The van der Waals surface area contributed by atoms with Crippen molar-refractivity contribution in [3.05, 3.63) is 72.3 Å². The van der Waals surface area contributed by atoms with Crippen LogP contribution in [0.5, 0.6) is 0 Å². The summed E-state index contributed by atoms with van der Waals surface area (Å²) < 4.78 is 5.39. The van der Waals surface area contributed by atoms with Crippen molar-refractivity contribution in [2.45, 2.75) is 6.54 Å². The molecule has 5 heteroatoms. The molecule has 150 valence electrons. The Kier molecular flexibility index (Phi) is 6.08. The molecule has 0 saturated carbocycles. The molecule has 3 aromatic rings. The lowest BCUT2D eigenvalue weighted by molar-refractivity contribution is -0.114. The maximum absolute atomic E-state index is 12.5. The van der Waals surface area contributed by atoms with Crippen LogP contribution in [-0.2, 0) is 16.1 Å². The van der Waals surface area contributed by atoms with Gasteiger partial charge in [0.25, 0.3) is 0 Å². The van der Waals surface area contributed by atoms with Crippen LogP contribution >= 0.6 is 0 Å². The van der Waals surface area contributed by atoms with E-state index in [-0.39, 0.29) is 5.91 Å². The standard InChI is InChI=1S/C24H27N3O2/c1-26(23-11-8-20-4-2-3-5-21(20)16-23)18-24(28)25-22-9-6-19(7-10-22)17-27-12-14-29-15-13-27/h2-11,16H,12-15,17-18H2,1H3,(H,25,28). The van der Waals surface area contributed by atoms with Gasteiger partial charge in [-0.2, -0.15) is 0 Å². The summed E-state index contributed by atoms with van der Waals surface area (Å²) >= 11 is 0. The van der Waals surface area contributed by atoms with Gasteiger partial charge in [0.15, 0.2) is 0 Å². The normalized spacial score (nSPS) is 14.7. The minimum Gasteiger partial charge on any atom is -0.379 e. The van der Waals surface area contributed by atoms with Crippen LogP contribution in [0.4, 0.5) is 11.4 Å². The van der Waals surface area contributed by atoms with Gasteiger partial charge in [-0.15, -0.1) is 0 Å². The Balaban J connectivity index is 1.32. The molecule has 3 aromatic carbocycles. The molecule has 1 saturated heterocycles. The lowest BCUT2D eigenvalue weighted by Gasteiger charge is -2.26. The highest BCUT2D eigenvalue weighted by atomic mass is 16.5. The van der Waals surface area contributed by atoms with Gasteiger partial charge in [-0.05, 0) is 40.6 Å². The van der Waals surface area contributed by atoms with Gasteiger partial charge in [0, 0.05) is 38.1 Å². The first-order chi connectivity index (χ1) is 14.2. The number of hydrogen-bond acceptors (Lipinski definition) is 4. The molecule has 0 radical (unpaired) electrons. The van der Waals surface area contributed by atoms with Gasteiger partial charge >= 0.3 is 0 Å². The number of fused-ring (bicyclic) bond motifs is 1. The number of ether oxygens (including phenoxy) is 1. The van der Waals surface area contributed by atoms with Crippen molar-refractivity contribution in [2.24, 2.45) is 0 Å². The molecule has 0 atom stereocenters. The topological polar surface area (TPSA) is 44.8 Å². The number of amides is 1. The molecule has 1 aliphatic rings. The van der Waals surface area contributed by atoms with Crippen LogP contribution in [0.3, 0.4) is 0 Å². The van der Waals surface area contributed by atoms with Gasteiger partial charge in [0.05, 0.1) is 19.8 Å². The molecule has 0 aliphatic carbocycles. The first-order valence-electron chi connectivity index (χ1n) is 10.1. The minimum absolute atomic E-state index is 0.0263. The number of nitrogens with one attached hydrogen (secondary N) is 1. The lowest BCUT2D eigenvalue weighted by Crippen LogP contribution is -2.35. The molecule has 0 aromatic heterocycles. The Morgan fingerprint density at radius 3 is 2.48 bits per heavy atom. The quantitative estimate of drug-likeness (QED) is 0.697. The summed E-state index contributed by atoms with van der Waals surface area (Å²) in [4.78, 5) is 16.8. The van der Waals surface area contributed by atoms with E-state index in [9.17, 15) is 4.79 Å². The van der Waals surface area contributed by atoms with Crippen molar-refractivity contribution in [2.75, 3.05) is 50.1 Å². The molecule has 29 heavy (non-hydrogen) atoms. The van der Waals surface area contributed by atoms with Crippen molar-refractivity contribution >= 4 is 28.1 Å². The fourth-order valence-electron chi connectivity index (χ4n) is 3.63. The largest absolute Gasteiger partial charge is 0.379 e. The average Bonchev–Trinajstić information content (AvgIpc) is 2.75. The highest BCUT2D eigenvalue weighted by Crippen LogP contribution is 2.21. The van der Waals surface area contributed by atoms with E-state index in [1.54, 1.807) is 0 Å². The fraction of sp³-hybridized carbons (Fsp3) is 0.292. The van der Waals surface area contributed by atoms with E-state index in [1.807, 2.05) is 36.2 Å². The van der Waals surface area contributed by atoms with Crippen LogP contribution < -0.4 is 10.2 Å². The van der Waals surface area contributed by atoms with Crippen LogP contribution in [0.15, 0.2) is 66.7 Å². The highest BCUT2D eigenvalue weighted by Gasteiger charge is 2.11. The minimum atomic E-state index is -0.0263. The second-order valence-electron chi connectivity index (χ2n) is 7.52. The van der Waals surface area contributed by atoms with Gasteiger partial charge in [0.1, 0.15) is 0 Å². The van der Waals surface area contributed by atoms with Crippen LogP contribution in [-0.4, -0.2) is 50.7 Å². The average molecular weight is 389 g/mol. The van der Waals surface area contributed by atoms with E-state index in [4.69, 9.17) is 4.74 Å². The fourth-order valence-corrected chi connectivity index (χ4v) is 3.63. The van der Waals surface area contributed by atoms with Crippen molar-refractivity contribution in [1.82, 2.24) is 4.90 Å². The van der Waals surface area contributed by atoms with Crippen molar-refractivity contribution in [3.63, 3.8) is 0 Å². The molecular formula is C24H27N3O2. The Morgan fingerprint density at radius 1 is 1.00 bits per heavy atom. The molecule has 5 nitrogen and oxygen atoms in total. The van der Waals surface area contributed by atoms with Crippen molar-refractivity contribution in [3.8, 4) is 0 Å². The zero-order valence-electron chi connectivity index (χ0n) is 16.8. The number of morpholine rings is 1. The lowest BCUT2D eigenvalue weighted by atomic mass is 10.1. The van der Waals surface area contributed by atoms with E-state index in [2.05, 4.69) is 52.7 Å². The molecule has 1 aliphatic heterocycles. The molecule has 1 fully saturated rings. The molecule has 1 amide bonds. The second kappa shape index (κ2) is 9.07. The Hall–Kier alpha value is -2.89. The first kappa shape index (κ1) is 19.4. The predicted molar refractivity (Wildman–Crippen MR) is 118 cm³/mol. The smallest absolute Gasteiger partial charge is 0.243 e. The van der Waals surface area contributed by atoms with Gasteiger partial charge < -0.3 is 15.0 Å². The van der Waals surface area contributed by atoms with Crippen LogP contribution in [0, 0.1) is 0 Å². The van der Waals surface area contributed by atoms with Crippen LogP contribution in [0.1, 0.15) is 5.56 Å².